The topological polar surface area (TPSA) is 84.6 Å². The first kappa shape index (κ1) is 19.8. The Morgan fingerprint density at radius 1 is 1.33 bits per heavy atom. The monoisotopic (exact) mass is 450 g/mol. The number of aryl methyl sites for hydroxylation is 1. The van der Waals surface area contributed by atoms with Crippen LogP contribution in [0.1, 0.15) is 63.8 Å². The lowest BCUT2D eigenvalue weighted by Crippen LogP contribution is -2.29. The number of ether oxygens (including phenoxy) is 1. The molecule has 1 aromatic rings. The second-order valence-electron chi connectivity index (χ2n) is 6.36. The normalized spacial score (nSPS) is 23.8. The molecular weight excluding hydrogens is 423 g/mol. The molecule has 2 heterocycles. The number of halogens is 1. The Kier molecular flexibility index (Phi) is 8.12. The van der Waals surface area contributed by atoms with Gasteiger partial charge in [-0.15, -0.1) is 0 Å². The van der Waals surface area contributed by atoms with E-state index >= 15 is 0 Å². The van der Waals surface area contributed by atoms with E-state index in [1.165, 1.54) is 30.3 Å². The van der Waals surface area contributed by atoms with E-state index in [0.29, 0.717) is 6.42 Å². The Bertz CT molecular complexity index is 578. The van der Waals surface area contributed by atoms with Crippen molar-refractivity contribution in [1.82, 2.24) is 9.55 Å². The van der Waals surface area contributed by atoms with E-state index in [2.05, 4.69) is 34.5 Å². The van der Waals surface area contributed by atoms with Crippen molar-refractivity contribution in [3.05, 3.63) is 25.9 Å². The molecular formula is C17H27IN2O4. The minimum absolute atomic E-state index is 0.257. The number of nitrogens with zero attached hydrogens (tertiary/aromatic N) is 2. The number of unbranched alkanes of at least 4 members (excludes halogenated alkanes) is 5. The Balaban J connectivity index is 1.95. The predicted molar refractivity (Wildman–Crippen MR) is 99.9 cm³/mol. The smallest absolute Gasteiger partial charge is 0.349 e. The molecule has 1 saturated heterocycles. The van der Waals surface area contributed by atoms with Crippen molar-refractivity contribution in [1.29, 1.82) is 0 Å². The average Bonchev–Trinajstić information content (AvgIpc) is 2.94. The third kappa shape index (κ3) is 5.24. The number of hydrogen-bond donors (Lipinski definition) is 2. The Hall–Kier alpha value is -0.510. The fourth-order valence-corrected chi connectivity index (χ4v) is 3.67. The first-order chi connectivity index (χ1) is 11.6. The fraction of sp³-hybridized carbons (Fsp3) is 0.765. The number of aliphatic hydroxyl groups excluding tert-OH is 2. The maximum atomic E-state index is 12.3. The molecule has 6 nitrogen and oxygen atoms in total. The summed E-state index contributed by atoms with van der Waals surface area (Å²) in [6.07, 6.45) is 8.14. The van der Waals surface area contributed by atoms with Gasteiger partial charge in [-0.2, -0.15) is 4.98 Å². The largest absolute Gasteiger partial charge is 0.394 e. The molecule has 2 rings (SSSR count). The molecule has 24 heavy (non-hydrogen) atoms. The van der Waals surface area contributed by atoms with Crippen LogP contribution in [0.15, 0.2) is 11.0 Å². The van der Waals surface area contributed by atoms with E-state index in [1.54, 1.807) is 6.20 Å². The van der Waals surface area contributed by atoms with Crippen molar-refractivity contribution < 1.29 is 14.9 Å². The van der Waals surface area contributed by atoms with Gasteiger partial charge in [0.15, 0.2) is 0 Å². The van der Waals surface area contributed by atoms with E-state index < -0.39 is 18.4 Å². The third-order valence-electron chi connectivity index (χ3n) is 4.44. The molecule has 0 aliphatic carbocycles. The number of hydrogen-bond acceptors (Lipinski definition) is 5. The zero-order valence-electron chi connectivity index (χ0n) is 14.2. The molecule has 0 radical (unpaired) electrons. The van der Waals surface area contributed by atoms with Gasteiger partial charge in [-0.3, -0.25) is 4.57 Å². The van der Waals surface area contributed by atoms with Gasteiger partial charge in [0.05, 0.1) is 22.0 Å². The van der Waals surface area contributed by atoms with Crippen LogP contribution in [0.4, 0.5) is 0 Å². The van der Waals surface area contributed by atoms with Crippen molar-refractivity contribution in [3.63, 3.8) is 0 Å². The molecule has 0 bridgehead atoms. The van der Waals surface area contributed by atoms with Gasteiger partial charge in [0, 0.05) is 12.6 Å². The Morgan fingerprint density at radius 3 is 2.71 bits per heavy atom. The van der Waals surface area contributed by atoms with Crippen molar-refractivity contribution in [3.8, 4) is 0 Å². The molecule has 2 N–H and O–H groups in total. The molecule has 0 amide bonds. The number of rotatable bonds is 9. The highest BCUT2D eigenvalue weighted by Crippen LogP contribution is 2.28. The lowest BCUT2D eigenvalue weighted by atomic mass is 10.1. The van der Waals surface area contributed by atoms with Crippen LogP contribution in [0, 0.1) is 3.57 Å². The highest BCUT2D eigenvalue weighted by molar-refractivity contribution is 14.1. The molecule has 1 aromatic heterocycles. The summed E-state index contributed by atoms with van der Waals surface area (Å²) >= 11 is 2.19. The molecule has 7 heteroatoms. The van der Waals surface area contributed by atoms with Crippen LogP contribution >= 0.6 is 22.6 Å². The predicted octanol–water partition coefficient (Wildman–Crippen LogP) is 2.39. The second-order valence-corrected chi connectivity index (χ2v) is 7.52. The fourth-order valence-electron chi connectivity index (χ4n) is 2.98. The molecule has 0 spiro atoms. The van der Waals surface area contributed by atoms with Gasteiger partial charge in [-0.05, 0) is 35.4 Å². The first-order valence-corrected chi connectivity index (χ1v) is 9.86. The zero-order valence-corrected chi connectivity index (χ0v) is 16.3. The maximum absolute atomic E-state index is 12.3. The summed E-state index contributed by atoms with van der Waals surface area (Å²) < 4.78 is 7.90. The van der Waals surface area contributed by atoms with Gasteiger partial charge in [0.25, 0.3) is 0 Å². The average molecular weight is 450 g/mol. The molecule has 3 atom stereocenters. The standard InChI is InChI=1S/C17H27IN2O4/c1-2-3-4-5-6-7-8-13-12(18)10-20(17(23)19-13)16-9-14(22)15(11-21)24-16/h10,14-16,21-22H,2-9,11H2,1H3/t14-,15+,16+/m0/s1. The van der Waals surface area contributed by atoms with E-state index in [-0.39, 0.29) is 12.3 Å². The van der Waals surface area contributed by atoms with Crippen molar-refractivity contribution >= 4 is 22.6 Å². The summed E-state index contributed by atoms with van der Waals surface area (Å²) in [5, 5.41) is 19.0. The summed E-state index contributed by atoms with van der Waals surface area (Å²) in [5.74, 6) is 0. The van der Waals surface area contributed by atoms with Crippen molar-refractivity contribution in [2.24, 2.45) is 0 Å². The highest BCUT2D eigenvalue weighted by Gasteiger charge is 2.35. The van der Waals surface area contributed by atoms with Gasteiger partial charge in [0.1, 0.15) is 12.3 Å². The quantitative estimate of drug-likeness (QED) is 0.446. The van der Waals surface area contributed by atoms with Gasteiger partial charge < -0.3 is 14.9 Å². The molecule has 0 saturated carbocycles. The third-order valence-corrected chi connectivity index (χ3v) is 5.34. The summed E-state index contributed by atoms with van der Waals surface area (Å²) in [7, 11) is 0. The summed E-state index contributed by atoms with van der Waals surface area (Å²) in [6, 6.07) is 0. The van der Waals surface area contributed by atoms with Crippen molar-refractivity contribution in [2.75, 3.05) is 6.61 Å². The van der Waals surface area contributed by atoms with Gasteiger partial charge in [0.2, 0.25) is 0 Å². The minimum atomic E-state index is -0.757. The van der Waals surface area contributed by atoms with Crippen LogP contribution in [-0.4, -0.2) is 38.6 Å². The van der Waals surface area contributed by atoms with Crippen LogP contribution < -0.4 is 5.69 Å². The first-order valence-electron chi connectivity index (χ1n) is 8.78. The summed E-state index contributed by atoms with van der Waals surface area (Å²) in [6.45, 7) is 1.95. The molecule has 0 unspecified atom stereocenters. The van der Waals surface area contributed by atoms with E-state index in [1.807, 2.05) is 0 Å². The second kappa shape index (κ2) is 9.84. The maximum Gasteiger partial charge on any atom is 0.349 e. The summed E-state index contributed by atoms with van der Waals surface area (Å²) in [4.78, 5) is 16.5. The van der Waals surface area contributed by atoms with Crippen LogP contribution in [0.25, 0.3) is 0 Å². The highest BCUT2D eigenvalue weighted by atomic mass is 127. The summed E-state index contributed by atoms with van der Waals surface area (Å²) in [5.41, 5.74) is 0.483. The molecule has 136 valence electrons. The van der Waals surface area contributed by atoms with Crippen LogP contribution in [0.2, 0.25) is 0 Å². The van der Waals surface area contributed by atoms with E-state index in [4.69, 9.17) is 9.84 Å². The molecule has 1 aliphatic rings. The SMILES string of the molecule is CCCCCCCCc1nc(=O)n([C@H]2C[C@H](O)[C@@H](CO)O2)cc1I. The Morgan fingerprint density at radius 2 is 2.04 bits per heavy atom. The van der Waals surface area contributed by atoms with Crippen LogP contribution in [-0.2, 0) is 11.2 Å². The zero-order chi connectivity index (χ0) is 17.5. The van der Waals surface area contributed by atoms with Crippen LogP contribution in [0.5, 0.6) is 0 Å². The number of aliphatic hydroxyl groups is 2. The minimum Gasteiger partial charge on any atom is -0.394 e. The Labute approximate surface area is 156 Å². The van der Waals surface area contributed by atoms with Gasteiger partial charge >= 0.3 is 5.69 Å². The van der Waals surface area contributed by atoms with E-state index in [9.17, 15) is 9.90 Å². The molecule has 1 fully saturated rings. The molecule has 1 aliphatic heterocycles. The lowest BCUT2D eigenvalue weighted by Gasteiger charge is -2.15. The number of aromatic nitrogens is 2. The van der Waals surface area contributed by atoms with Crippen molar-refractivity contribution in [2.45, 2.75) is 76.7 Å². The molecule has 0 aromatic carbocycles. The lowest BCUT2D eigenvalue weighted by molar-refractivity contribution is -0.0459. The van der Waals surface area contributed by atoms with Gasteiger partial charge in [-0.1, -0.05) is 39.0 Å². The van der Waals surface area contributed by atoms with Gasteiger partial charge in [-0.25, -0.2) is 4.79 Å². The van der Waals surface area contributed by atoms with E-state index in [0.717, 1.165) is 28.5 Å². The van der Waals surface area contributed by atoms with Crippen LogP contribution in [0.3, 0.4) is 0 Å².